The molecule has 0 unspecified atom stereocenters. The number of fused-ring (bicyclic) bond motifs is 12. The first-order chi connectivity index (χ1) is 40.4. The molecule has 3 aliphatic carbocycles. The first-order valence-corrected chi connectivity index (χ1v) is 29.4. The van der Waals surface area contributed by atoms with E-state index >= 15 is 0 Å². The van der Waals surface area contributed by atoms with E-state index in [-0.39, 0.29) is 16.2 Å². The first kappa shape index (κ1) is 49.1. The lowest BCUT2D eigenvalue weighted by Gasteiger charge is -2.27. The van der Waals surface area contributed by atoms with Crippen molar-refractivity contribution in [1.82, 2.24) is 4.57 Å². The molecule has 0 spiro atoms. The molecule has 3 aliphatic rings. The van der Waals surface area contributed by atoms with Crippen LogP contribution in [0.3, 0.4) is 0 Å². The topological polar surface area (TPSA) is 8.17 Å². The average Bonchev–Trinajstić information content (AvgIpc) is 2.61. The van der Waals surface area contributed by atoms with Crippen molar-refractivity contribution in [3.05, 3.63) is 300 Å². The Morgan fingerprint density at radius 1 is 0.241 bits per heavy atom. The highest BCUT2D eigenvalue weighted by Crippen LogP contribution is 2.55. The van der Waals surface area contributed by atoms with Crippen LogP contribution in [0.2, 0.25) is 0 Å². The summed E-state index contributed by atoms with van der Waals surface area (Å²) in [6, 6.07) is 100.0. The van der Waals surface area contributed by atoms with Crippen LogP contribution in [-0.4, -0.2) is 4.57 Å². The fraction of sp³-hybridized carbons (Fsp3) is 0.111. The maximum atomic E-state index is 2.55. The molecule has 16 rings (SSSR count). The van der Waals surface area contributed by atoms with E-state index in [1.165, 1.54) is 139 Å². The molecule has 2 heteroatoms. The second-order valence-corrected chi connectivity index (χ2v) is 24.9. The molecule has 0 atom stereocenters. The molecule has 12 aromatic carbocycles. The van der Waals surface area contributed by atoms with E-state index in [4.69, 9.17) is 0 Å². The van der Waals surface area contributed by atoms with Gasteiger partial charge in [0, 0.05) is 49.8 Å². The van der Waals surface area contributed by atoms with Crippen molar-refractivity contribution in [3.63, 3.8) is 0 Å². The van der Waals surface area contributed by atoms with Crippen LogP contribution in [0.4, 0.5) is 17.1 Å². The number of hydrogen-bond acceptors (Lipinski definition) is 1. The molecule has 2 nitrogen and oxygen atoms in total. The smallest absolute Gasteiger partial charge is 0.0544 e. The van der Waals surface area contributed by atoms with Crippen molar-refractivity contribution >= 4 is 38.9 Å². The minimum atomic E-state index is -0.184. The molecule has 0 amide bonds. The first-order valence-electron chi connectivity index (χ1n) is 29.4. The van der Waals surface area contributed by atoms with Gasteiger partial charge in [0.2, 0.25) is 0 Å². The number of aromatic nitrogens is 1. The average molecular weight is 1060 g/mol. The Morgan fingerprint density at radius 3 is 1.16 bits per heavy atom. The van der Waals surface area contributed by atoms with Gasteiger partial charge in [0.05, 0.1) is 11.0 Å². The fourth-order valence-corrected chi connectivity index (χ4v) is 14.7. The van der Waals surface area contributed by atoms with Crippen LogP contribution in [0.15, 0.2) is 267 Å². The van der Waals surface area contributed by atoms with E-state index in [2.05, 4.69) is 318 Å². The molecule has 0 aliphatic heterocycles. The molecular weight excluding hydrogens is 1000 g/mol. The Labute approximate surface area is 487 Å². The Hall–Kier alpha value is -9.76. The molecule has 0 fully saturated rings. The van der Waals surface area contributed by atoms with Crippen LogP contribution < -0.4 is 4.90 Å². The highest BCUT2D eigenvalue weighted by atomic mass is 15.1. The van der Waals surface area contributed by atoms with Gasteiger partial charge in [-0.05, 0) is 196 Å². The zero-order chi connectivity index (χ0) is 55.9. The number of rotatable bonds is 8. The van der Waals surface area contributed by atoms with Gasteiger partial charge in [-0.25, -0.2) is 0 Å². The van der Waals surface area contributed by atoms with Crippen LogP contribution in [0.25, 0.3) is 105 Å². The molecule has 0 saturated carbocycles. The predicted molar refractivity (Wildman–Crippen MR) is 350 cm³/mol. The third-order valence-electron chi connectivity index (χ3n) is 19.2. The molecule has 0 saturated heterocycles. The molecule has 0 N–H and O–H groups in total. The molecule has 1 heterocycles. The highest BCUT2D eigenvalue weighted by molar-refractivity contribution is 6.14. The lowest BCUT2D eigenvalue weighted by molar-refractivity contribution is 0.660. The van der Waals surface area contributed by atoms with Crippen molar-refractivity contribution in [3.8, 4) is 83.6 Å². The lowest BCUT2D eigenvalue weighted by atomic mass is 9.81. The van der Waals surface area contributed by atoms with Crippen molar-refractivity contribution < 1.29 is 0 Å². The molecule has 13 aromatic rings. The van der Waals surface area contributed by atoms with E-state index in [9.17, 15) is 0 Å². The van der Waals surface area contributed by atoms with Gasteiger partial charge in [-0.3, -0.25) is 0 Å². The van der Waals surface area contributed by atoms with Crippen molar-refractivity contribution in [2.45, 2.75) is 57.8 Å². The summed E-state index contributed by atoms with van der Waals surface area (Å²) in [6.45, 7) is 14.3. The number of nitrogens with zero attached hydrogens (tertiary/aromatic N) is 2. The molecule has 83 heavy (non-hydrogen) atoms. The zero-order valence-electron chi connectivity index (χ0n) is 47.8. The Kier molecular flexibility index (Phi) is 10.7. The summed E-state index contributed by atoms with van der Waals surface area (Å²) in [4.78, 5) is 2.38. The Bertz CT molecular complexity index is 4560. The monoisotopic (exact) mass is 1060 g/mol. The van der Waals surface area contributed by atoms with Gasteiger partial charge in [0.15, 0.2) is 0 Å². The third kappa shape index (κ3) is 7.48. The molecular formula is C81H62N2. The summed E-state index contributed by atoms with van der Waals surface area (Å²) in [5.41, 5.74) is 32.6. The second-order valence-electron chi connectivity index (χ2n) is 24.9. The van der Waals surface area contributed by atoms with E-state index in [0.29, 0.717) is 0 Å². The molecule has 396 valence electrons. The summed E-state index contributed by atoms with van der Waals surface area (Å²) in [5, 5.41) is 2.60. The largest absolute Gasteiger partial charge is 0.310 e. The Balaban J connectivity index is 0.753. The van der Waals surface area contributed by atoms with E-state index in [0.717, 1.165) is 17.1 Å². The van der Waals surface area contributed by atoms with Crippen molar-refractivity contribution in [2.75, 3.05) is 4.90 Å². The maximum absolute atomic E-state index is 2.55. The minimum absolute atomic E-state index is 0.113. The Morgan fingerprint density at radius 2 is 0.614 bits per heavy atom. The zero-order valence-corrected chi connectivity index (χ0v) is 47.8. The number of benzene rings is 12. The number of anilines is 3. The third-order valence-corrected chi connectivity index (χ3v) is 19.2. The molecule has 0 bridgehead atoms. The SMILES string of the molecule is CC1(C)c2ccc(-c3ccc(-n4c5cc6c(cc5c5cc7c(cc54)C(C)(C)c4ccccc4-7)-c4ccccc4C6(C)C)cc3)cc2-c2ccc(-c3cccc(N(c4ccc(-c5ccccc5)cc4)c4ccc(-c5ccccc5)cc4)c3)cc21. The van der Waals surface area contributed by atoms with E-state index in [1.54, 1.807) is 0 Å². The second kappa shape index (κ2) is 18.1. The van der Waals surface area contributed by atoms with Gasteiger partial charge in [0.25, 0.3) is 0 Å². The predicted octanol–water partition coefficient (Wildman–Crippen LogP) is 21.8. The van der Waals surface area contributed by atoms with E-state index in [1.807, 2.05) is 0 Å². The summed E-state index contributed by atoms with van der Waals surface area (Å²) in [5.74, 6) is 0. The van der Waals surface area contributed by atoms with Gasteiger partial charge < -0.3 is 9.47 Å². The van der Waals surface area contributed by atoms with Crippen LogP contribution >= 0.6 is 0 Å². The number of hydrogen-bond donors (Lipinski definition) is 0. The van der Waals surface area contributed by atoms with Crippen LogP contribution in [-0.2, 0) is 16.2 Å². The highest BCUT2D eigenvalue weighted by Gasteiger charge is 2.39. The fourth-order valence-electron chi connectivity index (χ4n) is 14.7. The van der Waals surface area contributed by atoms with Gasteiger partial charge in [-0.2, -0.15) is 0 Å². The van der Waals surface area contributed by atoms with Crippen molar-refractivity contribution in [1.29, 1.82) is 0 Å². The van der Waals surface area contributed by atoms with Crippen LogP contribution in [0.5, 0.6) is 0 Å². The quantitative estimate of drug-likeness (QED) is 0.147. The van der Waals surface area contributed by atoms with E-state index < -0.39 is 0 Å². The van der Waals surface area contributed by atoms with Gasteiger partial charge in [-0.1, -0.05) is 224 Å². The molecule has 1 aromatic heterocycles. The maximum Gasteiger partial charge on any atom is 0.0544 e. The van der Waals surface area contributed by atoms with Crippen LogP contribution in [0, 0.1) is 0 Å². The summed E-state index contributed by atoms with van der Waals surface area (Å²) >= 11 is 0. The summed E-state index contributed by atoms with van der Waals surface area (Å²) in [6.07, 6.45) is 0. The van der Waals surface area contributed by atoms with Crippen LogP contribution in [0.1, 0.15) is 74.9 Å². The summed E-state index contributed by atoms with van der Waals surface area (Å²) < 4.78 is 2.55. The summed E-state index contributed by atoms with van der Waals surface area (Å²) in [7, 11) is 0. The normalized spacial score (nSPS) is 14.4. The lowest BCUT2D eigenvalue weighted by Crippen LogP contribution is -2.15. The standard InChI is InChI=1S/C81H62N2/c1-79(2)71-26-15-13-24-63(71)67-47-69-70-48-68-64-25-14-16-27-72(64)80(3,4)76(68)50-78(70)83(77(69)49-75(67)79)61-40-32-55(33-41-61)57-35-43-73-66(45-57)65-42-34-58(46-74(65)81(73,5)6)56-22-17-23-62(44-56)82(59-36-28-53(29-37-59)51-18-9-7-10-19-51)60-38-30-54(31-39-60)52-20-11-8-12-21-52/h7-50H,1-6H3. The van der Waals surface area contributed by atoms with Crippen molar-refractivity contribution in [2.24, 2.45) is 0 Å². The minimum Gasteiger partial charge on any atom is -0.310 e. The molecule has 0 radical (unpaired) electrons. The van der Waals surface area contributed by atoms with Gasteiger partial charge in [-0.15, -0.1) is 0 Å². The van der Waals surface area contributed by atoms with Gasteiger partial charge in [0.1, 0.15) is 0 Å². The van der Waals surface area contributed by atoms with Gasteiger partial charge >= 0.3 is 0 Å².